The minimum absolute atomic E-state index is 0.790. The van der Waals surface area contributed by atoms with E-state index in [1.54, 1.807) is 0 Å². The lowest BCUT2D eigenvalue weighted by Gasteiger charge is -2.25. The molecule has 0 heterocycles. The smallest absolute Gasteiger partial charge is 0.0234 e. The lowest BCUT2D eigenvalue weighted by molar-refractivity contribution is 0.299. The van der Waals surface area contributed by atoms with E-state index in [9.17, 15) is 0 Å². The van der Waals surface area contributed by atoms with Crippen LogP contribution in [0.1, 0.15) is 85.0 Å². The van der Waals surface area contributed by atoms with E-state index in [4.69, 9.17) is 0 Å². The summed E-state index contributed by atoms with van der Waals surface area (Å²) in [5, 5.41) is 0. The second kappa shape index (κ2) is 10.2. The minimum Gasteiger partial charge on any atom is -0.100 e. The van der Waals surface area contributed by atoms with Crippen LogP contribution in [0.5, 0.6) is 0 Å². The van der Waals surface area contributed by atoms with Gasteiger partial charge in [-0.05, 0) is 56.8 Å². The monoisotopic (exact) mass is 276 g/mol. The van der Waals surface area contributed by atoms with Gasteiger partial charge in [0.05, 0.1) is 0 Å². The Bertz CT molecular complexity index is 280. The molecule has 0 bridgehead atoms. The van der Waals surface area contributed by atoms with Crippen molar-refractivity contribution in [1.29, 1.82) is 0 Å². The molecule has 1 aliphatic carbocycles. The fourth-order valence-corrected chi connectivity index (χ4v) is 3.54. The molecule has 0 aromatic rings. The summed E-state index contributed by atoms with van der Waals surface area (Å²) >= 11 is 0. The van der Waals surface area contributed by atoms with E-state index in [1.165, 1.54) is 69.8 Å². The van der Waals surface area contributed by atoms with Gasteiger partial charge in [-0.15, -0.1) is 6.58 Å². The van der Waals surface area contributed by atoms with Gasteiger partial charge in [-0.2, -0.15) is 0 Å². The van der Waals surface area contributed by atoms with Crippen molar-refractivity contribution in [2.45, 2.75) is 85.0 Å². The first-order chi connectivity index (χ1) is 9.63. The van der Waals surface area contributed by atoms with E-state index in [0.29, 0.717) is 0 Å². The third-order valence-electron chi connectivity index (χ3n) is 4.98. The fourth-order valence-electron chi connectivity index (χ4n) is 3.54. The molecule has 0 spiro atoms. The summed E-state index contributed by atoms with van der Waals surface area (Å²) in [6, 6.07) is 0. The number of allylic oxidation sites excluding steroid dienone is 3. The van der Waals surface area contributed by atoms with E-state index in [2.05, 4.69) is 39.5 Å². The summed E-state index contributed by atoms with van der Waals surface area (Å²) in [6.07, 6.45) is 18.8. The van der Waals surface area contributed by atoms with Crippen LogP contribution in [0.4, 0.5) is 0 Å². The van der Waals surface area contributed by atoms with Crippen molar-refractivity contribution in [1.82, 2.24) is 0 Å². The Labute approximate surface area is 127 Å². The van der Waals surface area contributed by atoms with Gasteiger partial charge in [-0.1, -0.05) is 63.7 Å². The van der Waals surface area contributed by atoms with Gasteiger partial charge >= 0.3 is 0 Å². The molecule has 20 heavy (non-hydrogen) atoms. The molecule has 0 aliphatic heterocycles. The van der Waals surface area contributed by atoms with Crippen molar-refractivity contribution in [2.24, 2.45) is 17.8 Å². The third kappa shape index (κ3) is 7.31. The van der Waals surface area contributed by atoms with Gasteiger partial charge in [-0.3, -0.25) is 0 Å². The van der Waals surface area contributed by atoms with Gasteiger partial charge in [0.25, 0.3) is 0 Å². The first-order valence-corrected chi connectivity index (χ1v) is 8.94. The van der Waals surface area contributed by atoms with Gasteiger partial charge in [0.2, 0.25) is 0 Å². The normalized spacial score (nSPS) is 20.1. The van der Waals surface area contributed by atoms with E-state index < -0.39 is 0 Å². The molecule has 0 amide bonds. The van der Waals surface area contributed by atoms with Crippen LogP contribution in [-0.4, -0.2) is 0 Å². The highest BCUT2D eigenvalue weighted by molar-refractivity contribution is 4.93. The molecule has 0 saturated heterocycles. The summed E-state index contributed by atoms with van der Waals surface area (Å²) in [5.41, 5.74) is 1.34. The maximum Gasteiger partial charge on any atom is -0.0234 e. The Hall–Kier alpha value is -0.520. The van der Waals surface area contributed by atoms with Gasteiger partial charge in [-0.25, -0.2) is 0 Å². The van der Waals surface area contributed by atoms with Crippen molar-refractivity contribution in [3.05, 3.63) is 24.3 Å². The standard InChI is InChI=1S/C20H36/c1-5-10-19(16-15-17(2)3)12-9-11-18(4)20-13-7-6-8-14-20/h9,11,18-20H,2,5-8,10,12-16H2,1,3-4H3. The predicted octanol–water partition coefficient (Wildman–Crippen LogP) is 6.92. The molecule has 0 radical (unpaired) electrons. The average molecular weight is 277 g/mol. The Balaban J connectivity index is 2.32. The van der Waals surface area contributed by atoms with Gasteiger partial charge in [0.1, 0.15) is 0 Å². The van der Waals surface area contributed by atoms with Crippen LogP contribution in [0.25, 0.3) is 0 Å². The summed E-state index contributed by atoms with van der Waals surface area (Å²) < 4.78 is 0. The maximum absolute atomic E-state index is 4.04. The highest BCUT2D eigenvalue weighted by Crippen LogP contribution is 2.31. The summed E-state index contributed by atoms with van der Waals surface area (Å²) in [4.78, 5) is 0. The second-order valence-electron chi connectivity index (χ2n) is 7.07. The molecule has 2 unspecified atom stereocenters. The molecular formula is C20H36. The summed E-state index contributed by atoms with van der Waals surface area (Å²) in [7, 11) is 0. The summed E-state index contributed by atoms with van der Waals surface area (Å²) in [5.74, 6) is 2.62. The van der Waals surface area contributed by atoms with E-state index in [0.717, 1.165) is 17.8 Å². The van der Waals surface area contributed by atoms with E-state index >= 15 is 0 Å². The van der Waals surface area contributed by atoms with Crippen LogP contribution >= 0.6 is 0 Å². The number of hydrogen-bond donors (Lipinski definition) is 0. The Morgan fingerprint density at radius 2 is 1.90 bits per heavy atom. The lowest BCUT2D eigenvalue weighted by atomic mass is 9.80. The zero-order valence-corrected chi connectivity index (χ0v) is 14.2. The molecule has 0 heteroatoms. The number of hydrogen-bond acceptors (Lipinski definition) is 0. The number of rotatable bonds is 9. The Morgan fingerprint density at radius 1 is 1.20 bits per heavy atom. The fraction of sp³-hybridized carbons (Fsp3) is 0.800. The molecule has 0 aromatic carbocycles. The zero-order chi connectivity index (χ0) is 14.8. The molecule has 1 rings (SSSR count). The van der Waals surface area contributed by atoms with Crippen molar-refractivity contribution in [3.63, 3.8) is 0 Å². The Kier molecular flexibility index (Phi) is 8.98. The van der Waals surface area contributed by atoms with E-state index in [-0.39, 0.29) is 0 Å². The van der Waals surface area contributed by atoms with Gasteiger partial charge < -0.3 is 0 Å². The van der Waals surface area contributed by atoms with Gasteiger partial charge in [0.15, 0.2) is 0 Å². The van der Waals surface area contributed by atoms with Crippen LogP contribution in [-0.2, 0) is 0 Å². The predicted molar refractivity (Wildman–Crippen MR) is 91.9 cm³/mol. The first-order valence-electron chi connectivity index (χ1n) is 8.94. The highest BCUT2D eigenvalue weighted by Gasteiger charge is 2.17. The Morgan fingerprint density at radius 3 is 2.50 bits per heavy atom. The van der Waals surface area contributed by atoms with Gasteiger partial charge in [0, 0.05) is 0 Å². The molecule has 1 fully saturated rings. The largest absolute Gasteiger partial charge is 0.100 e. The van der Waals surface area contributed by atoms with Crippen molar-refractivity contribution in [2.75, 3.05) is 0 Å². The highest BCUT2D eigenvalue weighted by atomic mass is 14.2. The zero-order valence-electron chi connectivity index (χ0n) is 14.2. The molecular weight excluding hydrogens is 240 g/mol. The molecule has 2 atom stereocenters. The average Bonchev–Trinajstić information content (AvgIpc) is 2.45. The topological polar surface area (TPSA) is 0 Å². The lowest BCUT2D eigenvalue weighted by Crippen LogP contribution is -2.13. The van der Waals surface area contributed by atoms with Crippen LogP contribution in [0.3, 0.4) is 0 Å². The molecule has 1 saturated carbocycles. The van der Waals surface area contributed by atoms with E-state index in [1.807, 2.05) is 0 Å². The second-order valence-corrected chi connectivity index (χ2v) is 7.07. The van der Waals surface area contributed by atoms with Crippen molar-refractivity contribution >= 4 is 0 Å². The minimum atomic E-state index is 0.790. The molecule has 0 nitrogen and oxygen atoms in total. The van der Waals surface area contributed by atoms with Crippen LogP contribution in [0.15, 0.2) is 24.3 Å². The van der Waals surface area contributed by atoms with Crippen LogP contribution in [0, 0.1) is 17.8 Å². The first kappa shape index (κ1) is 17.5. The van der Waals surface area contributed by atoms with Crippen molar-refractivity contribution in [3.8, 4) is 0 Å². The van der Waals surface area contributed by atoms with Crippen LogP contribution < -0.4 is 0 Å². The molecule has 0 aromatic heterocycles. The quantitative estimate of drug-likeness (QED) is 0.401. The summed E-state index contributed by atoms with van der Waals surface area (Å²) in [6.45, 7) is 10.9. The van der Waals surface area contributed by atoms with Crippen molar-refractivity contribution < 1.29 is 0 Å². The van der Waals surface area contributed by atoms with Crippen LogP contribution in [0.2, 0.25) is 0 Å². The molecule has 116 valence electrons. The molecule has 1 aliphatic rings. The SMILES string of the molecule is C=C(C)CCC(CC=CC(C)C1CCCCC1)CCC. The maximum atomic E-state index is 4.04. The third-order valence-corrected chi connectivity index (χ3v) is 4.98. The molecule has 0 N–H and O–H groups in total.